The molecule has 0 saturated carbocycles. The van der Waals surface area contributed by atoms with Gasteiger partial charge in [0.15, 0.2) is 5.78 Å². The number of ketones is 1. The van der Waals surface area contributed by atoms with Gasteiger partial charge in [0.25, 0.3) is 0 Å². The van der Waals surface area contributed by atoms with Crippen molar-refractivity contribution in [1.82, 2.24) is 0 Å². The number of benzene rings is 2. The molecule has 4 heteroatoms. The van der Waals surface area contributed by atoms with Gasteiger partial charge < -0.3 is 5.73 Å². The van der Waals surface area contributed by atoms with E-state index in [1.807, 2.05) is 32.9 Å². The second kappa shape index (κ2) is 5.58. The van der Waals surface area contributed by atoms with Crippen molar-refractivity contribution < 1.29 is 4.79 Å². The highest BCUT2D eigenvalue weighted by Crippen LogP contribution is 2.28. The Kier molecular flexibility index (Phi) is 4.21. The fourth-order valence-electron chi connectivity index (χ4n) is 2.04. The molecule has 0 heterocycles. The maximum absolute atomic E-state index is 12.7. The SMILES string of the molecule is Cc1cc(Cl)c(C(=O)c2cc(Br)cc(N)c2C)cc1C. The Labute approximate surface area is 132 Å². The average Bonchev–Trinajstić information content (AvgIpc) is 2.37. The van der Waals surface area contributed by atoms with Gasteiger partial charge in [-0.15, -0.1) is 0 Å². The summed E-state index contributed by atoms with van der Waals surface area (Å²) in [5.74, 6) is -0.108. The summed E-state index contributed by atoms with van der Waals surface area (Å²) < 4.78 is 0.781. The molecule has 2 rings (SSSR count). The first-order chi connectivity index (χ1) is 9.31. The van der Waals surface area contributed by atoms with E-state index in [1.54, 1.807) is 12.1 Å². The van der Waals surface area contributed by atoms with Crippen molar-refractivity contribution in [3.63, 3.8) is 0 Å². The Balaban J connectivity index is 2.60. The van der Waals surface area contributed by atoms with Crippen LogP contribution < -0.4 is 5.73 Å². The van der Waals surface area contributed by atoms with Crippen molar-refractivity contribution >= 4 is 39.0 Å². The summed E-state index contributed by atoms with van der Waals surface area (Å²) in [7, 11) is 0. The molecule has 0 spiro atoms. The fourth-order valence-corrected chi connectivity index (χ4v) is 2.82. The molecular formula is C16H15BrClNO. The lowest BCUT2D eigenvalue weighted by molar-refractivity contribution is 0.103. The van der Waals surface area contributed by atoms with Crippen LogP contribution in [0.3, 0.4) is 0 Å². The lowest BCUT2D eigenvalue weighted by Gasteiger charge is -2.11. The zero-order chi connectivity index (χ0) is 15.0. The van der Waals surface area contributed by atoms with Crippen molar-refractivity contribution in [1.29, 1.82) is 0 Å². The van der Waals surface area contributed by atoms with Crippen LogP contribution in [-0.2, 0) is 0 Å². The average molecular weight is 353 g/mol. The Morgan fingerprint density at radius 1 is 1.05 bits per heavy atom. The number of nitrogens with two attached hydrogens (primary N) is 1. The van der Waals surface area contributed by atoms with Gasteiger partial charge >= 0.3 is 0 Å². The molecule has 2 nitrogen and oxygen atoms in total. The summed E-state index contributed by atoms with van der Waals surface area (Å²) in [4.78, 5) is 12.7. The Morgan fingerprint density at radius 2 is 1.65 bits per heavy atom. The molecule has 0 saturated heterocycles. The summed E-state index contributed by atoms with van der Waals surface area (Å²) in [5.41, 5.74) is 10.5. The molecule has 0 radical (unpaired) electrons. The Bertz CT molecular complexity index is 710. The van der Waals surface area contributed by atoms with Gasteiger partial charge in [-0.05, 0) is 61.7 Å². The van der Waals surface area contributed by atoms with Crippen LogP contribution in [0.4, 0.5) is 5.69 Å². The summed E-state index contributed by atoms with van der Waals surface area (Å²) in [6, 6.07) is 7.21. The molecule has 0 atom stereocenters. The predicted octanol–water partition coefficient (Wildman–Crippen LogP) is 4.84. The van der Waals surface area contributed by atoms with Crippen LogP contribution in [0.2, 0.25) is 5.02 Å². The smallest absolute Gasteiger partial charge is 0.194 e. The number of halogens is 2. The second-order valence-corrected chi connectivity index (χ2v) is 6.24. The molecular weight excluding hydrogens is 338 g/mol. The van der Waals surface area contributed by atoms with E-state index in [4.69, 9.17) is 17.3 Å². The number of rotatable bonds is 2. The molecule has 0 bridgehead atoms. The highest BCUT2D eigenvalue weighted by Gasteiger charge is 2.18. The molecule has 0 fully saturated rings. The number of carbonyl (C=O) groups excluding carboxylic acids is 1. The topological polar surface area (TPSA) is 43.1 Å². The standard InChI is InChI=1S/C16H15BrClNO/c1-8-4-13(14(18)5-9(8)2)16(20)12-6-11(17)7-15(19)10(12)3/h4-7H,19H2,1-3H3. The third kappa shape index (κ3) is 2.74. The van der Waals surface area contributed by atoms with Gasteiger partial charge in [-0.25, -0.2) is 0 Å². The maximum Gasteiger partial charge on any atom is 0.194 e. The summed E-state index contributed by atoms with van der Waals surface area (Å²) in [6.45, 7) is 5.77. The Hall–Kier alpha value is -1.32. The van der Waals surface area contributed by atoms with Crippen molar-refractivity contribution in [2.75, 3.05) is 5.73 Å². The van der Waals surface area contributed by atoms with Crippen molar-refractivity contribution in [3.05, 3.63) is 61.6 Å². The van der Waals surface area contributed by atoms with E-state index in [2.05, 4.69) is 15.9 Å². The zero-order valence-corrected chi connectivity index (χ0v) is 13.9. The van der Waals surface area contributed by atoms with Gasteiger partial charge in [0.2, 0.25) is 0 Å². The summed E-state index contributed by atoms with van der Waals surface area (Å²) in [6.07, 6.45) is 0. The van der Waals surface area contributed by atoms with Crippen LogP contribution in [0.1, 0.15) is 32.6 Å². The zero-order valence-electron chi connectivity index (χ0n) is 11.6. The van der Waals surface area contributed by atoms with Crippen molar-refractivity contribution in [3.8, 4) is 0 Å². The van der Waals surface area contributed by atoms with E-state index < -0.39 is 0 Å². The minimum atomic E-state index is -0.108. The van der Waals surface area contributed by atoms with Crippen LogP contribution in [-0.4, -0.2) is 5.78 Å². The normalized spacial score (nSPS) is 10.7. The van der Waals surface area contributed by atoms with E-state index in [-0.39, 0.29) is 5.78 Å². The van der Waals surface area contributed by atoms with Crippen molar-refractivity contribution in [2.24, 2.45) is 0 Å². The third-order valence-corrected chi connectivity index (χ3v) is 4.26. The quantitative estimate of drug-likeness (QED) is 0.620. The fraction of sp³-hybridized carbons (Fsp3) is 0.188. The van der Waals surface area contributed by atoms with Crippen LogP contribution in [0.5, 0.6) is 0 Å². The van der Waals surface area contributed by atoms with Gasteiger partial charge in [-0.2, -0.15) is 0 Å². The summed E-state index contributed by atoms with van der Waals surface area (Å²) in [5, 5.41) is 0.469. The van der Waals surface area contributed by atoms with E-state index in [9.17, 15) is 4.79 Å². The first-order valence-corrected chi connectivity index (χ1v) is 7.35. The number of hydrogen-bond acceptors (Lipinski definition) is 2. The van der Waals surface area contributed by atoms with Gasteiger partial charge in [0, 0.05) is 21.3 Å². The minimum Gasteiger partial charge on any atom is -0.398 e. The van der Waals surface area contributed by atoms with Crippen LogP contribution >= 0.6 is 27.5 Å². The highest BCUT2D eigenvalue weighted by molar-refractivity contribution is 9.10. The van der Waals surface area contributed by atoms with E-state index in [0.717, 1.165) is 21.2 Å². The lowest BCUT2D eigenvalue weighted by atomic mass is 9.96. The lowest BCUT2D eigenvalue weighted by Crippen LogP contribution is -2.07. The van der Waals surface area contributed by atoms with Crippen LogP contribution in [0.15, 0.2) is 28.7 Å². The van der Waals surface area contributed by atoms with Crippen LogP contribution in [0.25, 0.3) is 0 Å². The maximum atomic E-state index is 12.7. The number of nitrogen functional groups attached to an aromatic ring is 1. The molecule has 2 aromatic carbocycles. The molecule has 0 amide bonds. The second-order valence-electron chi connectivity index (χ2n) is 4.91. The molecule has 0 aliphatic rings. The molecule has 104 valence electrons. The molecule has 0 aliphatic heterocycles. The number of carbonyl (C=O) groups is 1. The minimum absolute atomic E-state index is 0.108. The molecule has 20 heavy (non-hydrogen) atoms. The molecule has 0 unspecified atom stereocenters. The Morgan fingerprint density at radius 3 is 2.30 bits per heavy atom. The van der Waals surface area contributed by atoms with Gasteiger partial charge in [-0.3, -0.25) is 4.79 Å². The summed E-state index contributed by atoms with van der Waals surface area (Å²) >= 11 is 9.58. The molecule has 2 N–H and O–H groups in total. The first kappa shape index (κ1) is 15.1. The van der Waals surface area contributed by atoms with Crippen molar-refractivity contribution in [2.45, 2.75) is 20.8 Å². The first-order valence-electron chi connectivity index (χ1n) is 6.18. The highest BCUT2D eigenvalue weighted by atomic mass is 79.9. The monoisotopic (exact) mass is 351 g/mol. The third-order valence-electron chi connectivity index (χ3n) is 3.49. The van der Waals surface area contributed by atoms with Gasteiger partial charge in [0.1, 0.15) is 0 Å². The van der Waals surface area contributed by atoms with E-state index in [0.29, 0.717) is 21.8 Å². The van der Waals surface area contributed by atoms with E-state index in [1.165, 1.54) is 0 Å². The number of anilines is 1. The van der Waals surface area contributed by atoms with Crippen LogP contribution in [0, 0.1) is 20.8 Å². The van der Waals surface area contributed by atoms with Gasteiger partial charge in [0.05, 0.1) is 5.02 Å². The largest absolute Gasteiger partial charge is 0.398 e. The predicted molar refractivity (Wildman–Crippen MR) is 87.6 cm³/mol. The number of aryl methyl sites for hydroxylation is 2. The molecule has 0 aromatic heterocycles. The number of hydrogen-bond donors (Lipinski definition) is 1. The molecule has 2 aromatic rings. The van der Waals surface area contributed by atoms with Gasteiger partial charge in [-0.1, -0.05) is 27.5 Å². The van der Waals surface area contributed by atoms with E-state index >= 15 is 0 Å². The molecule has 0 aliphatic carbocycles.